The van der Waals surface area contributed by atoms with Gasteiger partial charge in [0.2, 0.25) is 11.8 Å². The molecule has 0 spiro atoms. The number of rotatable bonds is 7. The van der Waals surface area contributed by atoms with E-state index < -0.39 is 0 Å². The van der Waals surface area contributed by atoms with Gasteiger partial charge in [0.25, 0.3) is 0 Å². The summed E-state index contributed by atoms with van der Waals surface area (Å²) in [5.41, 5.74) is 1.14. The molecule has 160 valence electrons. The summed E-state index contributed by atoms with van der Waals surface area (Å²) in [6.45, 7) is 8.47. The number of amides is 2. The SMILES string of the molecule is CCC(CC)C(=O)N1CCC(N2CCC[C@@H](C(=O)NCc3ccccc3)C2)CC1. The third-order valence-electron chi connectivity index (χ3n) is 6.76. The average molecular weight is 400 g/mol. The molecule has 0 bridgehead atoms. The number of likely N-dealkylation sites (tertiary alicyclic amines) is 2. The zero-order chi connectivity index (χ0) is 20.6. The topological polar surface area (TPSA) is 52.7 Å². The molecule has 3 rings (SSSR count). The number of piperidine rings is 2. The normalized spacial score (nSPS) is 21.3. The molecular formula is C24H37N3O2. The Hall–Kier alpha value is -1.88. The van der Waals surface area contributed by atoms with Gasteiger partial charge in [0, 0.05) is 38.1 Å². The van der Waals surface area contributed by atoms with E-state index in [2.05, 4.69) is 29.0 Å². The Bertz CT molecular complexity index is 651. The lowest BCUT2D eigenvalue weighted by Gasteiger charge is -2.42. The molecule has 2 aliphatic heterocycles. The molecule has 2 heterocycles. The van der Waals surface area contributed by atoms with Crippen molar-refractivity contribution in [2.45, 2.75) is 65.0 Å². The first kappa shape index (κ1) is 21.8. The van der Waals surface area contributed by atoms with Crippen molar-refractivity contribution in [1.29, 1.82) is 0 Å². The van der Waals surface area contributed by atoms with Crippen LogP contribution in [0.3, 0.4) is 0 Å². The summed E-state index contributed by atoms with van der Waals surface area (Å²) in [5, 5.41) is 3.12. The van der Waals surface area contributed by atoms with Gasteiger partial charge < -0.3 is 10.2 Å². The van der Waals surface area contributed by atoms with E-state index in [0.717, 1.165) is 70.3 Å². The zero-order valence-corrected chi connectivity index (χ0v) is 18.1. The zero-order valence-electron chi connectivity index (χ0n) is 18.1. The van der Waals surface area contributed by atoms with Crippen LogP contribution >= 0.6 is 0 Å². The molecule has 1 aromatic rings. The third kappa shape index (κ3) is 5.81. The number of hydrogen-bond acceptors (Lipinski definition) is 3. The number of nitrogens with zero attached hydrogens (tertiary/aromatic N) is 2. The Morgan fingerprint density at radius 3 is 2.38 bits per heavy atom. The van der Waals surface area contributed by atoms with Crippen molar-refractivity contribution in [3.63, 3.8) is 0 Å². The Morgan fingerprint density at radius 1 is 1.03 bits per heavy atom. The molecule has 0 aromatic heterocycles. The van der Waals surface area contributed by atoms with E-state index in [4.69, 9.17) is 0 Å². The van der Waals surface area contributed by atoms with E-state index in [9.17, 15) is 9.59 Å². The van der Waals surface area contributed by atoms with Crippen LogP contribution in [-0.4, -0.2) is 53.8 Å². The molecule has 1 atom stereocenters. The third-order valence-corrected chi connectivity index (χ3v) is 6.76. The van der Waals surface area contributed by atoms with Crippen LogP contribution in [0.5, 0.6) is 0 Å². The largest absolute Gasteiger partial charge is 0.352 e. The molecule has 29 heavy (non-hydrogen) atoms. The molecule has 0 unspecified atom stereocenters. The first-order valence-electron chi connectivity index (χ1n) is 11.5. The maximum atomic E-state index is 12.7. The second-order valence-electron chi connectivity index (χ2n) is 8.61. The number of carbonyl (C=O) groups is 2. The van der Waals surface area contributed by atoms with E-state index >= 15 is 0 Å². The highest BCUT2D eigenvalue weighted by Gasteiger charge is 2.33. The van der Waals surface area contributed by atoms with Crippen LogP contribution in [0.25, 0.3) is 0 Å². The fourth-order valence-corrected chi connectivity index (χ4v) is 4.83. The Kier molecular flexibility index (Phi) is 8.10. The van der Waals surface area contributed by atoms with Crippen molar-refractivity contribution in [2.24, 2.45) is 11.8 Å². The van der Waals surface area contributed by atoms with E-state index in [-0.39, 0.29) is 17.7 Å². The highest BCUT2D eigenvalue weighted by molar-refractivity contribution is 5.79. The monoisotopic (exact) mass is 399 g/mol. The van der Waals surface area contributed by atoms with Crippen LogP contribution < -0.4 is 5.32 Å². The summed E-state index contributed by atoms with van der Waals surface area (Å²) in [7, 11) is 0. The fourth-order valence-electron chi connectivity index (χ4n) is 4.83. The molecule has 2 aliphatic rings. The minimum Gasteiger partial charge on any atom is -0.352 e. The molecule has 0 radical (unpaired) electrons. The minimum atomic E-state index is 0.0803. The standard InChI is InChI=1S/C24H37N3O2/c1-3-20(4-2)24(29)26-15-12-22(13-16-26)27-14-8-11-21(18-27)23(28)25-17-19-9-6-5-7-10-19/h5-7,9-10,20-22H,3-4,8,11-18H2,1-2H3,(H,25,28)/t21-/m1/s1. The summed E-state index contributed by atoms with van der Waals surface area (Å²) in [6, 6.07) is 10.6. The van der Waals surface area contributed by atoms with Crippen LogP contribution in [0, 0.1) is 11.8 Å². The van der Waals surface area contributed by atoms with Crippen molar-refractivity contribution in [1.82, 2.24) is 15.1 Å². The van der Waals surface area contributed by atoms with Gasteiger partial charge in [0.05, 0.1) is 5.92 Å². The summed E-state index contributed by atoms with van der Waals surface area (Å²) >= 11 is 0. The van der Waals surface area contributed by atoms with Gasteiger partial charge >= 0.3 is 0 Å². The highest BCUT2D eigenvalue weighted by Crippen LogP contribution is 2.25. The number of benzene rings is 1. The van der Waals surface area contributed by atoms with Gasteiger partial charge in [-0.2, -0.15) is 0 Å². The second kappa shape index (κ2) is 10.8. The molecule has 2 amide bonds. The Labute approximate surface area is 175 Å². The van der Waals surface area contributed by atoms with E-state index in [0.29, 0.717) is 18.5 Å². The van der Waals surface area contributed by atoms with Gasteiger partial charge in [-0.25, -0.2) is 0 Å². The van der Waals surface area contributed by atoms with Crippen LogP contribution in [0.1, 0.15) is 57.9 Å². The lowest BCUT2D eigenvalue weighted by Crippen LogP contribution is -2.52. The molecule has 0 saturated carbocycles. The number of nitrogens with one attached hydrogen (secondary N) is 1. The summed E-state index contributed by atoms with van der Waals surface area (Å²) < 4.78 is 0. The van der Waals surface area contributed by atoms with Crippen molar-refractivity contribution >= 4 is 11.8 Å². The van der Waals surface area contributed by atoms with E-state index in [1.807, 2.05) is 30.3 Å². The van der Waals surface area contributed by atoms with Crippen molar-refractivity contribution in [3.05, 3.63) is 35.9 Å². The maximum absolute atomic E-state index is 12.7. The van der Waals surface area contributed by atoms with E-state index in [1.165, 1.54) is 0 Å². The van der Waals surface area contributed by atoms with Gasteiger partial charge in [0.15, 0.2) is 0 Å². The Morgan fingerprint density at radius 2 is 1.72 bits per heavy atom. The van der Waals surface area contributed by atoms with Gasteiger partial charge in [-0.3, -0.25) is 14.5 Å². The summed E-state index contributed by atoms with van der Waals surface area (Å²) in [5.74, 6) is 0.779. The van der Waals surface area contributed by atoms with Crippen molar-refractivity contribution in [2.75, 3.05) is 26.2 Å². The lowest BCUT2D eigenvalue weighted by atomic mass is 9.92. The molecule has 1 N–H and O–H groups in total. The first-order valence-corrected chi connectivity index (χ1v) is 11.5. The van der Waals surface area contributed by atoms with E-state index in [1.54, 1.807) is 0 Å². The maximum Gasteiger partial charge on any atom is 0.225 e. The van der Waals surface area contributed by atoms with Gasteiger partial charge in [-0.15, -0.1) is 0 Å². The molecule has 2 fully saturated rings. The van der Waals surface area contributed by atoms with Crippen molar-refractivity contribution < 1.29 is 9.59 Å². The lowest BCUT2D eigenvalue weighted by molar-refractivity contribution is -0.137. The molecule has 1 aromatic carbocycles. The van der Waals surface area contributed by atoms with Gasteiger partial charge in [-0.05, 0) is 50.6 Å². The smallest absolute Gasteiger partial charge is 0.225 e. The predicted molar refractivity (Wildman–Crippen MR) is 116 cm³/mol. The average Bonchev–Trinajstić information content (AvgIpc) is 2.79. The Balaban J connectivity index is 1.46. The summed E-state index contributed by atoms with van der Waals surface area (Å²) in [4.78, 5) is 29.9. The van der Waals surface area contributed by atoms with Crippen LogP contribution in [-0.2, 0) is 16.1 Å². The quantitative estimate of drug-likeness (QED) is 0.764. The first-order chi connectivity index (χ1) is 14.1. The van der Waals surface area contributed by atoms with Crippen LogP contribution in [0.2, 0.25) is 0 Å². The molecule has 5 nitrogen and oxygen atoms in total. The van der Waals surface area contributed by atoms with Crippen LogP contribution in [0.4, 0.5) is 0 Å². The van der Waals surface area contributed by atoms with Gasteiger partial charge in [-0.1, -0.05) is 44.2 Å². The summed E-state index contributed by atoms with van der Waals surface area (Å²) in [6.07, 6.45) is 5.98. The molecule has 0 aliphatic carbocycles. The predicted octanol–water partition coefficient (Wildman–Crippen LogP) is 3.44. The number of carbonyl (C=O) groups excluding carboxylic acids is 2. The minimum absolute atomic E-state index is 0.0803. The number of hydrogen-bond donors (Lipinski definition) is 1. The molecule has 2 saturated heterocycles. The second-order valence-corrected chi connectivity index (χ2v) is 8.61. The van der Waals surface area contributed by atoms with Crippen molar-refractivity contribution in [3.8, 4) is 0 Å². The highest BCUT2D eigenvalue weighted by atomic mass is 16.2. The fraction of sp³-hybridized carbons (Fsp3) is 0.667. The van der Waals surface area contributed by atoms with Gasteiger partial charge in [0.1, 0.15) is 0 Å². The molecular weight excluding hydrogens is 362 g/mol. The van der Waals surface area contributed by atoms with Crippen LogP contribution in [0.15, 0.2) is 30.3 Å². The molecule has 5 heteroatoms.